The first-order valence-corrected chi connectivity index (χ1v) is 11.1. The molecular formula is C21H27N3O4S. The van der Waals surface area contributed by atoms with Gasteiger partial charge in [-0.3, -0.25) is 4.79 Å². The lowest BCUT2D eigenvalue weighted by molar-refractivity contribution is 0.0947. The van der Waals surface area contributed by atoms with Crippen LogP contribution >= 0.6 is 0 Å². The van der Waals surface area contributed by atoms with Gasteiger partial charge in [0.05, 0.1) is 17.0 Å². The van der Waals surface area contributed by atoms with Crippen molar-refractivity contribution in [1.82, 2.24) is 9.62 Å². The van der Waals surface area contributed by atoms with E-state index in [1.54, 1.807) is 12.1 Å². The van der Waals surface area contributed by atoms with Crippen LogP contribution < -0.4 is 15.0 Å². The number of anilines is 1. The number of hydrogen-bond acceptors (Lipinski definition) is 5. The Kier molecular flexibility index (Phi) is 6.76. The Balaban J connectivity index is 1.76. The van der Waals surface area contributed by atoms with Gasteiger partial charge in [0.15, 0.2) is 0 Å². The molecule has 0 aromatic heterocycles. The minimum atomic E-state index is -3.62. The van der Waals surface area contributed by atoms with Crippen molar-refractivity contribution in [1.29, 1.82) is 0 Å². The molecule has 0 spiro atoms. The summed E-state index contributed by atoms with van der Waals surface area (Å²) in [7, 11) is -0.671. The Labute approximate surface area is 172 Å². The molecule has 8 heteroatoms. The third kappa shape index (κ3) is 5.07. The quantitative estimate of drug-likeness (QED) is 0.667. The highest BCUT2D eigenvalue weighted by atomic mass is 32.2. The molecule has 1 N–H and O–H groups in total. The molecule has 1 heterocycles. The van der Waals surface area contributed by atoms with Crippen LogP contribution in [-0.4, -0.2) is 59.0 Å². The smallest absolute Gasteiger partial charge is 0.253 e. The van der Waals surface area contributed by atoms with E-state index in [4.69, 9.17) is 4.74 Å². The SMILES string of the molecule is CN(C)S(=O)(=O)c1ccc(N2CCCC2)c(C(=O)NCCOc2ccccc2)c1. The first-order chi connectivity index (χ1) is 13.9. The minimum absolute atomic E-state index is 0.108. The van der Waals surface area contributed by atoms with Crippen LogP contribution in [0.15, 0.2) is 53.4 Å². The number of nitrogens with zero attached hydrogens (tertiary/aromatic N) is 2. The molecule has 0 atom stereocenters. The number of benzene rings is 2. The van der Waals surface area contributed by atoms with Gasteiger partial charge >= 0.3 is 0 Å². The fraction of sp³-hybridized carbons (Fsp3) is 0.381. The Morgan fingerprint density at radius 1 is 1.10 bits per heavy atom. The van der Waals surface area contributed by atoms with E-state index < -0.39 is 10.0 Å². The standard InChI is InChI=1S/C21H27N3O4S/c1-23(2)29(26,27)18-10-11-20(24-13-6-7-14-24)19(16-18)21(25)22-12-15-28-17-8-4-3-5-9-17/h3-5,8-11,16H,6-7,12-15H2,1-2H3,(H,22,25). The lowest BCUT2D eigenvalue weighted by atomic mass is 10.1. The normalized spacial score (nSPS) is 14.2. The first kappa shape index (κ1) is 21.1. The third-order valence-corrected chi connectivity index (χ3v) is 6.65. The molecule has 1 aliphatic rings. The van der Waals surface area contributed by atoms with Crippen LogP contribution in [0.25, 0.3) is 0 Å². The highest BCUT2D eigenvalue weighted by Crippen LogP contribution is 2.28. The van der Waals surface area contributed by atoms with Gasteiger partial charge in [0.25, 0.3) is 5.91 Å². The van der Waals surface area contributed by atoms with Gasteiger partial charge in [-0.2, -0.15) is 0 Å². The van der Waals surface area contributed by atoms with E-state index in [1.807, 2.05) is 30.3 Å². The highest BCUT2D eigenvalue weighted by Gasteiger charge is 2.24. The largest absolute Gasteiger partial charge is 0.492 e. The van der Waals surface area contributed by atoms with E-state index in [-0.39, 0.29) is 10.8 Å². The number of carbonyl (C=O) groups excluding carboxylic acids is 1. The summed E-state index contributed by atoms with van der Waals surface area (Å²) in [4.78, 5) is 15.1. The molecule has 2 aromatic carbocycles. The van der Waals surface area contributed by atoms with Gasteiger partial charge in [0, 0.05) is 32.9 Å². The number of para-hydroxylation sites is 1. The summed E-state index contributed by atoms with van der Waals surface area (Å²) in [5.74, 6) is 0.429. The maximum atomic E-state index is 12.9. The summed E-state index contributed by atoms with van der Waals surface area (Å²) in [6.07, 6.45) is 2.12. The highest BCUT2D eigenvalue weighted by molar-refractivity contribution is 7.89. The average molecular weight is 418 g/mol. The van der Waals surface area contributed by atoms with E-state index in [0.717, 1.165) is 41.7 Å². The number of amides is 1. The fourth-order valence-corrected chi connectivity index (χ4v) is 4.18. The summed E-state index contributed by atoms with van der Waals surface area (Å²) in [6.45, 7) is 2.36. The van der Waals surface area contributed by atoms with Crippen LogP contribution in [0.1, 0.15) is 23.2 Å². The first-order valence-electron chi connectivity index (χ1n) is 9.67. The number of hydrogen-bond donors (Lipinski definition) is 1. The Hall–Kier alpha value is -2.58. The van der Waals surface area contributed by atoms with Gasteiger partial charge in [0.1, 0.15) is 12.4 Å². The van der Waals surface area contributed by atoms with E-state index in [9.17, 15) is 13.2 Å². The van der Waals surface area contributed by atoms with Crippen LogP contribution in [0.2, 0.25) is 0 Å². The van der Waals surface area contributed by atoms with Gasteiger partial charge < -0.3 is 15.0 Å². The van der Waals surface area contributed by atoms with Crippen molar-refractivity contribution < 1.29 is 17.9 Å². The van der Waals surface area contributed by atoms with Crippen molar-refractivity contribution in [2.24, 2.45) is 0 Å². The zero-order chi connectivity index (χ0) is 20.9. The molecule has 29 heavy (non-hydrogen) atoms. The molecule has 0 bridgehead atoms. The fourth-order valence-electron chi connectivity index (χ4n) is 3.25. The summed E-state index contributed by atoms with van der Waals surface area (Å²) in [6, 6.07) is 14.1. The molecular weight excluding hydrogens is 390 g/mol. The molecule has 1 amide bonds. The second-order valence-corrected chi connectivity index (χ2v) is 9.23. The van der Waals surface area contributed by atoms with E-state index >= 15 is 0 Å². The maximum absolute atomic E-state index is 12.9. The third-order valence-electron chi connectivity index (χ3n) is 4.84. The molecule has 2 aromatic rings. The molecule has 3 rings (SSSR count). The number of nitrogens with one attached hydrogen (secondary N) is 1. The maximum Gasteiger partial charge on any atom is 0.253 e. The van der Waals surface area contributed by atoms with E-state index in [1.165, 1.54) is 20.2 Å². The van der Waals surface area contributed by atoms with Crippen molar-refractivity contribution in [3.63, 3.8) is 0 Å². The van der Waals surface area contributed by atoms with Crippen molar-refractivity contribution >= 4 is 21.6 Å². The van der Waals surface area contributed by atoms with Crippen LogP contribution in [0.4, 0.5) is 5.69 Å². The molecule has 0 unspecified atom stereocenters. The van der Waals surface area contributed by atoms with Gasteiger partial charge in [-0.15, -0.1) is 0 Å². The molecule has 156 valence electrons. The number of sulfonamides is 1. The minimum Gasteiger partial charge on any atom is -0.492 e. The zero-order valence-electron chi connectivity index (χ0n) is 16.8. The topological polar surface area (TPSA) is 79.0 Å². The van der Waals surface area contributed by atoms with Gasteiger partial charge in [-0.05, 0) is 43.2 Å². The monoisotopic (exact) mass is 417 g/mol. The lowest BCUT2D eigenvalue weighted by Crippen LogP contribution is -2.31. The molecule has 0 saturated carbocycles. The Morgan fingerprint density at radius 2 is 1.79 bits per heavy atom. The average Bonchev–Trinajstić information content (AvgIpc) is 3.26. The van der Waals surface area contributed by atoms with Gasteiger partial charge in [-0.1, -0.05) is 18.2 Å². The Morgan fingerprint density at radius 3 is 2.45 bits per heavy atom. The summed E-state index contributed by atoms with van der Waals surface area (Å²) in [5, 5.41) is 2.84. The van der Waals surface area contributed by atoms with E-state index in [0.29, 0.717) is 18.7 Å². The number of ether oxygens (including phenoxy) is 1. The van der Waals surface area contributed by atoms with Crippen molar-refractivity contribution in [3.8, 4) is 5.75 Å². The molecule has 0 aliphatic carbocycles. The molecule has 7 nitrogen and oxygen atoms in total. The molecule has 1 aliphatic heterocycles. The predicted octanol–water partition coefficient (Wildman–Crippen LogP) is 2.35. The number of carbonyl (C=O) groups is 1. The summed E-state index contributed by atoms with van der Waals surface area (Å²) >= 11 is 0. The molecule has 1 saturated heterocycles. The lowest BCUT2D eigenvalue weighted by Gasteiger charge is -2.22. The Bertz CT molecular complexity index is 940. The predicted molar refractivity (Wildman–Crippen MR) is 113 cm³/mol. The van der Waals surface area contributed by atoms with E-state index in [2.05, 4.69) is 10.2 Å². The number of rotatable bonds is 8. The van der Waals surface area contributed by atoms with Crippen molar-refractivity contribution in [2.75, 3.05) is 45.2 Å². The molecule has 0 radical (unpaired) electrons. The van der Waals surface area contributed by atoms with Gasteiger partial charge in [-0.25, -0.2) is 12.7 Å². The van der Waals surface area contributed by atoms with Crippen LogP contribution in [0.5, 0.6) is 5.75 Å². The van der Waals surface area contributed by atoms with Crippen LogP contribution in [0, 0.1) is 0 Å². The molecule has 1 fully saturated rings. The van der Waals surface area contributed by atoms with Gasteiger partial charge in [0.2, 0.25) is 10.0 Å². The summed E-state index contributed by atoms with van der Waals surface area (Å²) < 4.78 is 31.8. The second kappa shape index (κ2) is 9.28. The second-order valence-electron chi connectivity index (χ2n) is 7.08. The van der Waals surface area contributed by atoms with Crippen molar-refractivity contribution in [2.45, 2.75) is 17.7 Å². The summed E-state index contributed by atoms with van der Waals surface area (Å²) in [5.41, 5.74) is 1.14. The van der Waals surface area contributed by atoms with Crippen LogP contribution in [-0.2, 0) is 10.0 Å². The zero-order valence-corrected chi connectivity index (χ0v) is 17.6. The van der Waals surface area contributed by atoms with Crippen LogP contribution in [0.3, 0.4) is 0 Å². The van der Waals surface area contributed by atoms with Crippen molar-refractivity contribution in [3.05, 3.63) is 54.1 Å².